The molecule has 0 bridgehead atoms. The van der Waals surface area contributed by atoms with Crippen molar-refractivity contribution in [1.29, 1.82) is 0 Å². The van der Waals surface area contributed by atoms with E-state index in [-0.39, 0.29) is 0 Å². The van der Waals surface area contributed by atoms with Crippen molar-refractivity contribution in [3.63, 3.8) is 0 Å². The average molecular weight is 236 g/mol. The molecule has 4 heteroatoms. The number of hydrogen-bond donors (Lipinski definition) is 1. The molecule has 1 aromatic heterocycles. The third kappa shape index (κ3) is 2.63. The van der Waals surface area contributed by atoms with Crippen LogP contribution in [0.5, 0.6) is 0 Å². The maximum absolute atomic E-state index is 4.53. The zero-order valence-electron chi connectivity index (χ0n) is 11.4. The quantitative estimate of drug-likeness (QED) is 0.861. The molecule has 1 aromatic rings. The third-order valence-electron chi connectivity index (χ3n) is 3.57. The van der Waals surface area contributed by atoms with Gasteiger partial charge in [0.15, 0.2) is 0 Å². The average Bonchev–Trinajstić information content (AvgIpc) is 2.70. The standard InChI is InChI=1S/C13H24N4/c1-5-11-13(9-16(4)15-11)17-7-6-14-12(8-17)10(2)3/h9-10,12,14H,5-8H2,1-4H3. The third-order valence-corrected chi connectivity index (χ3v) is 3.57. The molecule has 0 aromatic carbocycles. The van der Waals surface area contributed by atoms with Crippen LogP contribution in [0.1, 0.15) is 26.5 Å². The van der Waals surface area contributed by atoms with E-state index in [0.29, 0.717) is 12.0 Å². The van der Waals surface area contributed by atoms with E-state index in [1.807, 2.05) is 11.7 Å². The molecule has 0 spiro atoms. The van der Waals surface area contributed by atoms with E-state index in [2.05, 4.69) is 42.3 Å². The predicted molar refractivity (Wildman–Crippen MR) is 71.4 cm³/mol. The predicted octanol–water partition coefficient (Wildman–Crippen LogP) is 1.42. The van der Waals surface area contributed by atoms with Crippen LogP contribution in [0, 0.1) is 5.92 Å². The van der Waals surface area contributed by atoms with E-state index < -0.39 is 0 Å². The van der Waals surface area contributed by atoms with Crippen LogP contribution in [0.2, 0.25) is 0 Å². The van der Waals surface area contributed by atoms with Gasteiger partial charge < -0.3 is 10.2 Å². The molecule has 0 radical (unpaired) electrons. The zero-order chi connectivity index (χ0) is 12.4. The lowest BCUT2D eigenvalue weighted by Gasteiger charge is -2.36. The van der Waals surface area contributed by atoms with Gasteiger partial charge in [0.05, 0.1) is 11.4 Å². The topological polar surface area (TPSA) is 33.1 Å². The Kier molecular flexibility index (Phi) is 3.72. The van der Waals surface area contributed by atoms with Gasteiger partial charge >= 0.3 is 0 Å². The van der Waals surface area contributed by atoms with Crippen molar-refractivity contribution in [2.24, 2.45) is 13.0 Å². The Balaban J connectivity index is 2.15. The van der Waals surface area contributed by atoms with Crippen molar-refractivity contribution in [2.75, 3.05) is 24.5 Å². The van der Waals surface area contributed by atoms with Crippen LogP contribution in [0.15, 0.2) is 6.20 Å². The molecule has 96 valence electrons. The van der Waals surface area contributed by atoms with Crippen LogP contribution in [-0.2, 0) is 13.5 Å². The van der Waals surface area contributed by atoms with Crippen molar-refractivity contribution in [3.8, 4) is 0 Å². The molecule has 1 N–H and O–H groups in total. The molecular formula is C13H24N4. The van der Waals surface area contributed by atoms with Crippen LogP contribution >= 0.6 is 0 Å². The smallest absolute Gasteiger partial charge is 0.0855 e. The Bertz CT molecular complexity index is 369. The van der Waals surface area contributed by atoms with Crippen LogP contribution in [0.3, 0.4) is 0 Å². The number of aryl methyl sites for hydroxylation is 2. The molecule has 1 saturated heterocycles. The van der Waals surface area contributed by atoms with Gasteiger partial charge in [-0.15, -0.1) is 0 Å². The molecule has 1 unspecified atom stereocenters. The summed E-state index contributed by atoms with van der Waals surface area (Å²) in [6.45, 7) is 9.99. The van der Waals surface area contributed by atoms with Gasteiger partial charge in [0, 0.05) is 38.9 Å². The molecule has 1 aliphatic heterocycles. The van der Waals surface area contributed by atoms with Gasteiger partial charge in [-0.1, -0.05) is 20.8 Å². The second-order valence-electron chi connectivity index (χ2n) is 5.24. The number of piperazine rings is 1. The number of nitrogens with one attached hydrogen (secondary N) is 1. The summed E-state index contributed by atoms with van der Waals surface area (Å²) in [4.78, 5) is 2.48. The summed E-state index contributed by atoms with van der Waals surface area (Å²) in [5, 5.41) is 8.12. The van der Waals surface area contributed by atoms with Crippen LogP contribution in [0.4, 0.5) is 5.69 Å². The molecule has 2 rings (SSSR count). The monoisotopic (exact) mass is 236 g/mol. The summed E-state index contributed by atoms with van der Waals surface area (Å²) in [6, 6.07) is 0.591. The van der Waals surface area contributed by atoms with Crippen molar-refractivity contribution in [1.82, 2.24) is 15.1 Å². The van der Waals surface area contributed by atoms with Gasteiger partial charge in [-0.05, 0) is 12.3 Å². The Morgan fingerprint density at radius 2 is 2.29 bits per heavy atom. The lowest BCUT2D eigenvalue weighted by atomic mass is 10.0. The van der Waals surface area contributed by atoms with Gasteiger partial charge in [0.2, 0.25) is 0 Å². The second-order valence-corrected chi connectivity index (χ2v) is 5.24. The van der Waals surface area contributed by atoms with Gasteiger partial charge in [-0.2, -0.15) is 5.10 Å². The first-order valence-electron chi connectivity index (χ1n) is 6.62. The summed E-state index contributed by atoms with van der Waals surface area (Å²) in [6.07, 6.45) is 3.16. The summed E-state index contributed by atoms with van der Waals surface area (Å²) in [5.74, 6) is 0.680. The second kappa shape index (κ2) is 5.08. The largest absolute Gasteiger partial charge is 0.366 e. The minimum absolute atomic E-state index is 0.591. The van der Waals surface area contributed by atoms with Crippen molar-refractivity contribution in [2.45, 2.75) is 33.2 Å². The minimum Gasteiger partial charge on any atom is -0.366 e. The molecule has 1 atom stereocenters. The van der Waals surface area contributed by atoms with Crippen LogP contribution in [0.25, 0.3) is 0 Å². The number of nitrogens with zero attached hydrogens (tertiary/aromatic N) is 3. The van der Waals surface area contributed by atoms with Gasteiger partial charge in [-0.3, -0.25) is 4.68 Å². The molecule has 17 heavy (non-hydrogen) atoms. The van der Waals surface area contributed by atoms with Crippen molar-refractivity contribution in [3.05, 3.63) is 11.9 Å². The highest BCUT2D eigenvalue weighted by Crippen LogP contribution is 2.22. The summed E-state index contributed by atoms with van der Waals surface area (Å²) in [5.41, 5.74) is 2.54. The van der Waals surface area contributed by atoms with Crippen molar-refractivity contribution < 1.29 is 0 Å². The Labute approximate surface area is 104 Å². The number of aromatic nitrogens is 2. The molecular weight excluding hydrogens is 212 g/mol. The lowest BCUT2D eigenvalue weighted by molar-refractivity contribution is 0.368. The molecule has 0 amide bonds. The summed E-state index contributed by atoms with van der Waals surface area (Å²) in [7, 11) is 2.00. The first-order chi connectivity index (χ1) is 8.11. The summed E-state index contributed by atoms with van der Waals surface area (Å²) >= 11 is 0. The number of anilines is 1. The number of rotatable bonds is 3. The van der Waals surface area contributed by atoms with E-state index in [9.17, 15) is 0 Å². The van der Waals surface area contributed by atoms with E-state index in [4.69, 9.17) is 0 Å². The van der Waals surface area contributed by atoms with Crippen molar-refractivity contribution >= 4 is 5.69 Å². The van der Waals surface area contributed by atoms with E-state index in [1.54, 1.807) is 0 Å². The fourth-order valence-corrected chi connectivity index (χ4v) is 2.48. The fourth-order valence-electron chi connectivity index (χ4n) is 2.48. The van der Waals surface area contributed by atoms with E-state index >= 15 is 0 Å². The fraction of sp³-hybridized carbons (Fsp3) is 0.769. The first-order valence-corrected chi connectivity index (χ1v) is 6.62. The maximum Gasteiger partial charge on any atom is 0.0855 e. The van der Waals surface area contributed by atoms with Crippen LogP contribution < -0.4 is 10.2 Å². The zero-order valence-corrected chi connectivity index (χ0v) is 11.4. The Hall–Kier alpha value is -1.03. The number of hydrogen-bond acceptors (Lipinski definition) is 3. The van der Waals surface area contributed by atoms with Gasteiger partial charge in [0.25, 0.3) is 0 Å². The molecule has 4 nitrogen and oxygen atoms in total. The van der Waals surface area contributed by atoms with E-state index in [0.717, 1.165) is 26.1 Å². The maximum atomic E-state index is 4.53. The Morgan fingerprint density at radius 1 is 1.53 bits per heavy atom. The first kappa shape index (κ1) is 12.4. The molecule has 0 aliphatic carbocycles. The molecule has 1 aliphatic rings. The molecule has 2 heterocycles. The highest BCUT2D eigenvalue weighted by Gasteiger charge is 2.24. The molecule has 1 fully saturated rings. The van der Waals surface area contributed by atoms with Gasteiger partial charge in [0.1, 0.15) is 0 Å². The lowest BCUT2D eigenvalue weighted by Crippen LogP contribution is -2.53. The SMILES string of the molecule is CCc1nn(C)cc1N1CCNC(C(C)C)C1. The van der Waals surface area contributed by atoms with Gasteiger partial charge in [-0.25, -0.2) is 0 Å². The minimum atomic E-state index is 0.591. The normalized spacial score (nSPS) is 21.2. The van der Waals surface area contributed by atoms with Crippen LogP contribution in [-0.4, -0.2) is 35.5 Å². The van der Waals surface area contributed by atoms with E-state index in [1.165, 1.54) is 11.4 Å². The molecule has 0 saturated carbocycles. The highest BCUT2D eigenvalue weighted by molar-refractivity contribution is 5.50. The summed E-state index contributed by atoms with van der Waals surface area (Å²) < 4.78 is 1.93. The highest BCUT2D eigenvalue weighted by atomic mass is 15.3. The Morgan fingerprint density at radius 3 is 2.94 bits per heavy atom.